The summed E-state index contributed by atoms with van der Waals surface area (Å²) in [4.78, 5) is 12.8. The van der Waals surface area contributed by atoms with E-state index in [-0.39, 0.29) is 6.54 Å². The molecule has 0 aromatic heterocycles. The third-order valence-corrected chi connectivity index (χ3v) is 3.83. The molecule has 3 heteroatoms. The van der Waals surface area contributed by atoms with Crippen LogP contribution in [0.5, 0.6) is 0 Å². The summed E-state index contributed by atoms with van der Waals surface area (Å²) in [5.41, 5.74) is 0. The Morgan fingerprint density at radius 1 is 1.00 bits per heavy atom. The van der Waals surface area contributed by atoms with E-state index in [1.54, 1.807) is 0 Å². The molecule has 1 fully saturated rings. The molecule has 3 nitrogen and oxygen atoms in total. The third-order valence-electron chi connectivity index (χ3n) is 3.83. The molecule has 1 rings (SSSR count). The minimum atomic E-state index is -0.707. The van der Waals surface area contributed by atoms with Crippen molar-refractivity contribution in [3.8, 4) is 0 Å². The summed E-state index contributed by atoms with van der Waals surface area (Å²) in [7, 11) is 1.96. The molecule has 0 aromatic carbocycles. The smallest absolute Gasteiger partial charge is 0.317 e. The van der Waals surface area contributed by atoms with Crippen molar-refractivity contribution in [3.05, 3.63) is 0 Å². The topological polar surface area (TPSA) is 40.5 Å². The number of carbonyl (C=O) groups is 1. The van der Waals surface area contributed by atoms with Crippen molar-refractivity contribution in [2.24, 2.45) is 0 Å². The lowest BCUT2D eigenvalue weighted by atomic mass is 10.0. The number of nitrogens with zero attached hydrogens (tertiary/aromatic N) is 1. The molecular formula is C14H27NO2. The lowest BCUT2D eigenvalue weighted by molar-refractivity contribution is -0.138. The summed E-state index contributed by atoms with van der Waals surface area (Å²) in [6.45, 7) is 0.185. The van der Waals surface area contributed by atoms with Crippen LogP contribution in [0.3, 0.4) is 0 Å². The van der Waals surface area contributed by atoms with Gasteiger partial charge >= 0.3 is 5.97 Å². The van der Waals surface area contributed by atoms with Crippen molar-refractivity contribution in [2.45, 2.75) is 70.3 Å². The van der Waals surface area contributed by atoms with Gasteiger partial charge in [-0.1, -0.05) is 51.4 Å². The zero-order chi connectivity index (χ0) is 12.5. The molecular weight excluding hydrogens is 214 g/mol. The maximum Gasteiger partial charge on any atom is 0.317 e. The largest absolute Gasteiger partial charge is 0.480 e. The van der Waals surface area contributed by atoms with Gasteiger partial charge in [0.2, 0.25) is 0 Å². The number of likely N-dealkylation sites (N-methyl/N-ethyl adjacent to an activating group) is 1. The minimum absolute atomic E-state index is 0.185. The van der Waals surface area contributed by atoms with Crippen LogP contribution in [-0.2, 0) is 4.79 Å². The Kier molecular flexibility index (Phi) is 7.25. The van der Waals surface area contributed by atoms with E-state index in [1.165, 1.54) is 64.2 Å². The summed E-state index contributed by atoms with van der Waals surface area (Å²) >= 11 is 0. The van der Waals surface area contributed by atoms with Crippen LogP contribution < -0.4 is 0 Å². The van der Waals surface area contributed by atoms with Crippen LogP contribution in [0.4, 0.5) is 0 Å². The Morgan fingerprint density at radius 2 is 1.41 bits per heavy atom. The molecule has 0 saturated heterocycles. The molecule has 0 aromatic rings. The van der Waals surface area contributed by atoms with E-state index in [0.29, 0.717) is 6.04 Å². The van der Waals surface area contributed by atoms with Gasteiger partial charge in [-0.25, -0.2) is 0 Å². The van der Waals surface area contributed by atoms with Gasteiger partial charge in [0.25, 0.3) is 0 Å². The number of hydrogen-bond donors (Lipinski definition) is 1. The van der Waals surface area contributed by atoms with Gasteiger partial charge in [-0.2, -0.15) is 0 Å². The molecule has 1 N–H and O–H groups in total. The molecule has 0 aliphatic heterocycles. The molecule has 0 amide bonds. The molecule has 1 aliphatic carbocycles. The highest BCUT2D eigenvalue weighted by Crippen LogP contribution is 2.19. The van der Waals surface area contributed by atoms with Crippen molar-refractivity contribution in [3.63, 3.8) is 0 Å². The standard InChI is InChI=1S/C14H27NO2/c1-15(12-14(16)17)13-10-8-6-4-2-3-5-7-9-11-13/h13H,2-12H2,1H3,(H,16,17). The van der Waals surface area contributed by atoms with Crippen molar-refractivity contribution in [1.82, 2.24) is 4.90 Å². The zero-order valence-corrected chi connectivity index (χ0v) is 11.2. The summed E-state index contributed by atoms with van der Waals surface area (Å²) in [5, 5.41) is 8.84. The fourth-order valence-electron chi connectivity index (χ4n) is 2.75. The predicted molar refractivity (Wildman–Crippen MR) is 70.2 cm³/mol. The van der Waals surface area contributed by atoms with Gasteiger partial charge in [0.1, 0.15) is 0 Å². The van der Waals surface area contributed by atoms with Crippen LogP contribution >= 0.6 is 0 Å². The number of hydrogen-bond acceptors (Lipinski definition) is 2. The third kappa shape index (κ3) is 6.67. The number of rotatable bonds is 3. The average Bonchev–Trinajstić information content (AvgIpc) is 2.32. The van der Waals surface area contributed by atoms with E-state index in [9.17, 15) is 4.79 Å². The molecule has 0 atom stereocenters. The zero-order valence-electron chi connectivity index (χ0n) is 11.2. The average molecular weight is 241 g/mol. The maximum atomic E-state index is 10.7. The van der Waals surface area contributed by atoms with Crippen molar-refractivity contribution in [1.29, 1.82) is 0 Å². The van der Waals surface area contributed by atoms with Crippen molar-refractivity contribution < 1.29 is 9.90 Å². The highest BCUT2D eigenvalue weighted by atomic mass is 16.4. The first-order valence-electron chi connectivity index (χ1n) is 7.12. The van der Waals surface area contributed by atoms with Gasteiger partial charge in [-0.05, 0) is 19.9 Å². The van der Waals surface area contributed by atoms with Gasteiger partial charge in [0, 0.05) is 6.04 Å². The van der Waals surface area contributed by atoms with Gasteiger partial charge in [-0.15, -0.1) is 0 Å². The van der Waals surface area contributed by atoms with Gasteiger partial charge < -0.3 is 5.11 Å². The Morgan fingerprint density at radius 3 is 1.82 bits per heavy atom. The summed E-state index contributed by atoms with van der Waals surface area (Å²) in [6, 6.07) is 0.476. The number of carboxylic acid groups (broad SMARTS) is 1. The van der Waals surface area contributed by atoms with E-state index in [2.05, 4.69) is 0 Å². The molecule has 0 radical (unpaired) electrons. The SMILES string of the molecule is CN(CC(=O)O)C1CCCCCCCCCC1. The summed E-state index contributed by atoms with van der Waals surface area (Å²) in [5.74, 6) is -0.707. The predicted octanol–water partition coefficient (Wildman–Crippen LogP) is 3.29. The van der Waals surface area contributed by atoms with E-state index in [0.717, 1.165) is 0 Å². The molecule has 100 valence electrons. The Bertz CT molecular complexity index is 206. The van der Waals surface area contributed by atoms with Crippen LogP contribution in [0.15, 0.2) is 0 Å². The van der Waals surface area contributed by atoms with Crippen LogP contribution in [0.25, 0.3) is 0 Å². The summed E-state index contributed by atoms with van der Waals surface area (Å²) < 4.78 is 0. The van der Waals surface area contributed by atoms with Crippen LogP contribution in [-0.4, -0.2) is 35.6 Å². The minimum Gasteiger partial charge on any atom is -0.480 e. The number of aliphatic carboxylic acids is 1. The lowest BCUT2D eigenvalue weighted by Crippen LogP contribution is -2.35. The molecule has 17 heavy (non-hydrogen) atoms. The van der Waals surface area contributed by atoms with Gasteiger partial charge in [0.15, 0.2) is 0 Å². The number of carboxylic acids is 1. The highest BCUT2D eigenvalue weighted by molar-refractivity contribution is 5.69. The van der Waals surface area contributed by atoms with Crippen molar-refractivity contribution in [2.75, 3.05) is 13.6 Å². The van der Waals surface area contributed by atoms with Gasteiger partial charge in [-0.3, -0.25) is 9.69 Å². The lowest BCUT2D eigenvalue weighted by Gasteiger charge is -2.26. The first kappa shape index (κ1) is 14.5. The van der Waals surface area contributed by atoms with E-state index >= 15 is 0 Å². The van der Waals surface area contributed by atoms with E-state index in [1.807, 2.05) is 11.9 Å². The Balaban J connectivity index is 2.38. The Labute approximate surface area is 105 Å². The molecule has 0 bridgehead atoms. The van der Waals surface area contributed by atoms with Crippen molar-refractivity contribution >= 4 is 5.97 Å². The molecule has 1 aliphatic rings. The highest BCUT2D eigenvalue weighted by Gasteiger charge is 2.16. The van der Waals surface area contributed by atoms with E-state index < -0.39 is 5.97 Å². The summed E-state index contributed by atoms with van der Waals surface area (Å²) in [6.07, 6.45) is 13.0. The maximum absolute atomic E-state index is 10.7. The molecule has 0 unspecified atom stereocenters. The first-order chi connectivity index (χ1) is 8.20. The fourth-order valence-corrected chi connectivity index (χ4v) is 2.75. The fraction of sp³-hybridized carbons (Fsp3) is 0.929. The van der Waals surface area contributed by atoms with Crippen LogP contribution in [0.1, 0.15) is 64.2 Å². The molecule has 0 spiro atoms. The quantitative estimate of drug-likeness (QED) is 0.824. The normalized spacial score (nSPS) is 21.1. The second kappa shape index (κ2) is 8.51. The molecule has 1 saturated carbocycles. The monoisotopic (exact) mass is 241 g/mol. The Hall–Kier alpha value is -0.570. The first-order valence-corrected chi connectivity index (χ1v) is 7.12. The van der Waals surface area contributed by atoms with Crippen LogP contribution in [0, 0.1) is 0 Å². The second-order valence-electron chi connectivity index (χ2n) is 5.37. The van der Waals surface area contributed by atoms with Crippen LogP contribution in [0.2, 0.25) is 0 Å². The van der Waals surface area contributed by atoms with Gasteiger partial charge in [0.05, 0.1) is 6.54 Å². The van der Waals surface area contributed by atoms with E-state index in [4.69, 9.17) is 5.11 Å². The molecule has 0 heterocycles. The second-order valence-corrected chi connectivity index (χ2v) is 5.37.